The molecule has 1 aliphatic heterocycles. The van der Waals surface area contributed by atoms with Gasteiger partial charge in [0.05, 0.1) is 12.2 Å². The second kappa shape index (κ2) is 5.18. The molecule has 0 saturated heterocycles. The van der Waals surface area contributed by atoms with Crippen LogP contribution < -0.4 is 4.74 Å². The van der Waals surface area contributed by atoms with Crippen molar-refractivity contribution in [3.05, 3.63) is 57.3 Å². The molecule has 0 radical (unpaired) electrons. The third-order valence-electron chi connectivity index (χ3n) is 3.92. The van der Waals surface area contributed by atoms with Crippen molar-refractivity contribution in [3.8, 4) is 11.5 Å². The highest BCUT2D eigenvalue weighted by Gasteiger charge is 2.22. The van der Waals surface area contributed by atoms with Gasteiger partial charge in [-0.2, -0.15) is 0 Å². The van der Waals surface area contributed by atoms with Crippen molar-refractivity contribution >= 4 is 40.0 Å². The first-order chi connectivity index (χ1) is 11.1. The van der Waals surface area contributed by atoms with E-state index in [1.807, 2.05) is 6.07 Å². The first-order valence-electron chi connectivity index (χ1n) is 6.95. The molecule has 0 aliphatic carbocycles. The van der Waals surface area contributed by atoms with Crippen LogP contribution in [0.4, 0.5) is 0 Å². The van der Waals surface area contributed by atoms with E-state index in [1.165, 1.54) is 12.3 Å². The summed E-state index contributed by atoms with van der Waals surface area (Å²) in [6.07, 6.45) is 2.11. The number of phenolic OH excluding ortho intramolecular Hbond substituents is 1. The average Bonchev–Trinajstić information content (AvgIpc) is 3.17. The third-order valence-corrected chi connectivity index (χ3v) is 4.76. The summed E-state index contributed by atoms with van der Waals surface area (Å²) in [6, 6.07) is 6.71. The van der Waals surface area contributed by atoms with E-state index in [2.05, 4.69) is 0 Å². The van der Waals surface area contributed by atoms with Crippen molar-refractivity contribution in [3.63, 3.8) is 0 Å². The van der Waals surface area contributed by atoms with Gasteiger partial charge in [0.2, 0.25) is 0 Å². The lowest BCUT2D eigenvalue weighted by molar-refractivity contribution is 0.103. The zero-order valence-electron chi connectivity index (χ0n) is 11.7. The first-order valence-corrected chi connectivity index (χ1v) is 7.70. The monoisotopic (exact) mass is 348 g/mol. The zero-order valence-corrected chi connectivity index (χ0v) is 13.2. The summed E-state index contributed by atoms with van der Waals surface area (Å²) >= 11 is 11.9. The van der Waals surface area contributed by atoms with Gasteiger partial charge in [-0.05, 0) is 29.8 Å². The molecule has 6 heteroatoms. The smallest absolute Gasteiger partial charge is 0.196 e. The Morgan fingerprint density at radius 2 is 2.00 bits per heavy atom. The van der Waals surface area contributed by atoms with Crippen LogP contribution in [0.1, 0.15) is 21.5 Å². The highest BCUT2D eigenvalue weighted by Crippen LogP contribution is 2.40. The normalized spacial score (nSPS) is 13.1. The number of carbonyl (C=O) groups excluding carboxylic acids is 1. The van der Waals surface area contributed by atoms with Crippen molar-refractivity contribution in [2.45, 2.75) is 6.42 Å². The summed E-state index contributed by atoms with van der Waals surface area (Å²) in [5.41, 5.74) is 2.14. The maximum atomic E-state index is 12.8. The van der Waals surface area contributed by atoms with Crippen LogP contribution in [0.5, 0.6) is 11.5 Å². The molecule has 0 fully saturated rings. The van der Waals surface area contributed by atoms with Crippen molar-refractivity contribution in [2.24, 2.45) is 0 Å². The molecule has 4 rings (SSSR count). The van der Waals surface area contributed by atoms with Gasteiger partial charge in [0.25, 0.3) is 0 Å². The van der Waals surface area contributed by atoms with E-state index in [0.717, 1.165) is 17.7 Å². The number of hydrogen-bond acceptors (Lipinski definition) is 4. The molecule has 0 atom stereocenters. The number of phenols is 1. The maximum absolute atomic E-state index is 12.8. The molecule has 2 aromatic carbocycles. The molecule has 116 valence electrons. The van der Waals surface area contributed by atoms with Crippen LogP contribution in [0, 0.1) is 0 Å². The van der Waals surface area contributed by atoms with E-state index >= 15 is 0 Å². The van der Waals surface area contributed by atoms with E-state index < -0.39 is 0 Å². The second-order valence-electron chi connectivity index (χ2n) is 5.30. The van der Waals surface area contributed by atoms with E-state index in [-0.39, 0.29) is 27.2 Å². The van der Waals surface area contributed by atoms with Crippen molar-refractivity contribution in [1.82, 2.24) is 0 Å². The highest BCUT2D eigenvalue weighted by molar-refractivity contribution is 6.46. The minimum absolute atomic E-state index is 0.00203. The lowest BCUT2D eigenvalue weighted by atomic mass is 10.00. The van der Waals surface area contributed by atoms with E-state index in [4.69, 9.17) is 32.4 Å². The van der Waals surface area contributed by atoms with Crippen LogP contribution >= 0.6 is 23.2 Å². The highest BCUT2D eigenvalue weighted by atomic mass is 35.5. The zero-order chi connectivity index (χ0) is 16.1. The number of ether oxygens (including phenoxy) is 1. The fourth-order valence-electron chi connectivity index (χ4n) is 2.75. The number of hydrogen-bond donors (Lipinski definition) is 1. The minimum Gasteiger partial charge on any atom is -0.506 e. The summed E-state index contributed by atoms with van der Waals surface area (Å²) in [5.74, 6) is 0.407. The molecule has 1 aliphatic rings. The predicted octanol–water partition coefficient (Wildman–Crippen LogP) is 4.61. The number of furan rings is 1. The van der Waals surface area contributed by atoms with Gasteiger partial charge in [0.1, 0.15) is 27.8 Å². The molecule has 2 heterocycles. The van der Waals surface area contributed by atoms with Crippen LogP contribution in [0.25, 0.3) is 11.0 Å². The lowest BCUT2D eigenvalue weighted by Crippen LogP contribution is -2.00. The number of carbonyl (C=O) groups is 1. The molecule has 0 amide bonds. The van der Waals surface area contributed by atoms with Gasteiger partial charge in [0, 0.05) is 17.4 Å². The van der Waals surface area contributed by atoms with Crippen molar-refractivity contribution in [1.29, 1.82) is 0 Å². The summed E-state index contributed by atoms with van der Waals surface area (Å²) in [4.78, 5) is 12.8. The molecule has 1 N–H and O–H groups in total. The molecule has 0 saturated carbocycles. The Balaban J connectivity index is 1.84. The van der Waals surface area contributed by atoms with Crippen LogP contribution in [-0.2, 0) is 6.42 Å². The average molecular weight is 349 g/mol. The molecule has 0 spiro atoms. The standard InChI is InChI=1S/C17H10Cl2O4/c18-14-12(20)6-10-11(7-23-17(10)15(14)19)16(21)9-1-2-13-8(5-9)3-4-22-13/h1-2,5-7,20H,3-4H2. The van der Waals surface area contributed by atoms with Crippen LogP contribution in [0.15, 0.2) is 34.9 Å². The summed E-state index contributed by atoms with van der Waals surface area (Å²) in [5, 5.41) is 10.4. The summed E-state index contributed by atoms with van der Waals surface area (Å²) in [7, 11) is 0. The lowest BCUT2D eigenvalue weighted by Gasteiger charge is -2.04. The Morgan fingerprint density at radius 1 is 1.17 bits per heavy atom. The van der Waals surface area contributed by atoms with Gasteiger partial charge >= 0.3 is 0 Å². The molecule has 1 aromatic heterocycles. The fraction of sp³-hybridized carbons (Fsp3) is 0.118. The number of halogens is 2. The van der Waals surface area contributed by atoms with Gasteiger partial charge in [-0.25, -0.2) is 0 Å². The Morgan fingerprint density at radius 3 is 2.83 bits per heavy atom. The Kier molecular flexibility index (Phi) is 3.25. The van der Waals surface area contributed by atoms with Gasteiger partial charge in [-0.15, -0.1) is 0 Å². The Hall–Kier alpha value is -2.17. The topological polar surface area (TPSA) is 59.7 Å². The molecule has 23 heavy (non-hydrogen) atoms. The Bertz CT molecular complexity index is 959. The first kappa shape index (κ1) is 14.4. The number of aromatic hydroxyl groups is 1. The van der Waals surface area contributed by atoms with Gasteiger partial charge in [-0.1, -0.05) is 23.2 Å². The largest absolute Gasteiger partial charge is 0.506 e. The van der Waals surface area contributed by atoms with E-state index in [1.54, 1.807) is 12.1 Å². The van der Waals surface area contributed by atoms with Crippen LogP contribution in [0.3, 0.4) is 0 Å². The van der Waals surface area contributed by atoms with E-state index in [0.29, 0.717) is 23.1 Å². The van der Waals surface area contributed by atoms with Gasteiger partial charge in [0.15, 0.2) is 11.4 Å². The number of ketones is 1. The number of benzene rings is 2. The third kappa shape index (κ3) is 2.18. The minimum atomic E-state index is -0.212. The SMILES string of the molecule is O=C(c1ccc2c(c1)CCO2)c1coc2c(Cl)c(Cl)c(O)cc12. The maximum Gasteiger partial charge on any atom is 0.196 e. The van der Waals surface area contributed by atoms with Crippen molar-refractivity contribution in [2.75, 3.05) is 6.61 Å². The second-order valence-corrected chi connectivity index (χ2v) is 6.06. The van der Waals surface area contributed by atoms with Gasteiger partial charge < -0.3 is 14.3 Å². The number of rotatable bonds is 2. The fourth-order valence-corrected chi connectivity index (χ4v) is 3.14. The van der Waals surface area contributed by atoms with E-state index in [9.17, 15) is 9.90 Å². The number of fused-ring (bicyclic) bond motifs is 2. The Labute approximate surface area is 141 Å². The summed E-state index contributed by atoms with van der Waals surface area (Å²) in [6.45, 7) is 0.629. The molecule has 0 unspecified atom stereocenters. The predicted molar refractivity (Wildman–Crippen MR) is 87.0 cm³/mol. The molecular formula is C17H10Cl2O4. The molecule has 0 bridgehead atoms. The van der Waals surface area contributed by atoms with Crippen molar-refractivity contribution < 1.29 is 19.1 Å². The summed E-state index contributed by atoms with van der Waals surface area (Å²) < 4.78 is 10.8. The molecular weight excluding hydrogens is 339 g/mol. The van der Waals surface area contributed by atoms with Crippen LogP contribution in [-0.4, -0.2) is 17.5 Å². The quantitative estimate of drug-likeness (QED) is 0.687. The van der Waals surface area contributed by atoms with Crippen LogP contribution in [0.2, 0.25) is 10.0 Å². The molecule has 3 aromatic rings. The van der Waals surface area contributed by atoms with Gasteiger partial charge in [-0.3, -0.25) is 4.79 Å². The molecule has 4 nitrogen and oxygen atoms in total.